The van der Waals surface area contributed by atoms with Crippen LogP contribution in [-0.4, -0.2) is 37.9 Å². The Bertz CT molecular complexity index is 1430. The lowest BCUT2D eigenvalue weighted by molar-refractivity contribution is -0.129. The van der Waals surface area contributed by atoms with E-state index in [0.29, 0.717) is 23.1 Å². The van der Waals surface area contributed by atoms with Crippen molar-refractivity contribution in [2.24, 2.45) is 11.7 Å². The Kier molecular flexibility index (Phi) is 9.96. The van der Waals surface area contributed by atoms with E-state index in [2.05, 4.69) is 17.9 Å². The molecule has 0 saturated heterocycles. The third-order valence-corrected chi connectivity index (χ3v) is 8.04. The minimum atomic E-state index is -4.12. The number of thiol groups is 1. The van der Waals surface area contributed by atoms with E-state index in [0.717, 1.165) is 12.5 Å². The molecule has 2 atom stereocenters. The Morgan fingerprint density at radius 1 is 0.921 bits per heavy atom. The van der Waals surface area contributed by atoms with Crippen molar-refractivity contribution in [3.8, 4) is 11.1 Å². The highest BCUT2D eigenvalue weighted by Crippen LogP contribution is 2.33. The van der Waals surface area contributed by atoms with Gasteiger partial charge in [-0.2, -0.15) is 12.6 Å². The summed E-state index contributed by atoms with van der Waals surface area (Å²) in [5.41, 5.74) is 7.88. The Morgan fingerprint density at radius 3 is 2.18 bits per heavy atom. The molecule has 11 heteroatoms. The number of carbonyl (C=O) groups excluding carboxylic acids is 3. The van der Waals surface area contributed by atoms with Crippen molar-refractivity contribution in [1.82, 2.24) is 10.0 Å². The molecule has 3 amide bonds. The van der Waals surface area contributed by atoms with Crippen LogP contribution in [0.3, 0.4) is 0 Å². The molecule has 0 spiro atoms. The summed E-state index contributed by atoms with van der Waals surface area (Å²) in [6, 6.07) is 19.5. The van der Waals surface area contributed by atoms with Crippen LogP contribution in [0.4, 0.5) is 0 Å². The minimum absolute atomic E-state index is 0.0809. The van der Waals surface area contributed by atoms with E-state index in [4.69, 9.17) is 17.3 Å². The highest BCUT2D eigenvalue weighted by Gasteiger charge is 2.25. The van der Waals surface area contributed by atoms with Crippen LogP contribution in [-0.2, 0) is 37.2 Å². The predicted octanol–water partition coefficient (Wildman–Crippen LogP) is 3.13. The topological polar surface area (TPSA) is 135 Å². The van der Waals surface area contributed by atoms with Crippen molar-refractivity contribution >= 4 is 52.0 Å². The molecule has 8 nitrogen and oxygen atoms in total. The number of carbonyl (C=O) groups is 3. The Labute approximate surface area is 232 Å². The second-order valence-electron chi connectivity index (χ2n) is 8.71. The number of benzene rings is 3. The number of sulfonamides is 1. The number of amides is 3. The molecule has 3 rings (SSSR count). The van der Waals surface area contributed by atoms with E-state index in [-0.39, 0.29) is 28.0 Å². The molecular weight excluding hydrogens is 546 g/mol. The van der Waals surface area contributed by atoms with Gasteiger partial charge < -0.3 is 11.1 Å². The van der Waals surface area contributed by atoms with Crippen LogP contribution in [0.2, 0.25) is 5.02 Å². The maximum atomic E-state index is 12.9. The number of halogens is 1. The van der Waals surface area contributed by atoms with Gasteiger partial charge >= 0.3 is 0 Å². The van der Waals surface area contributed by atoms with Gasteiger partial charge in [-0.3, -0.25) is 14.4 Å². The van der Waals surface area contributed by atoms with Gasteiger partial charge in [0.25, 0.3) is 10.0 Å². The van der Waals surface area contributed by atoms with Gasteiger partial charge in [-0.1, -0.05) is 72.3 Å². The summed E-state index contributed by atoms with van der Waals surface area (Å²) in [4.78, 5) is 36.4. The van der Waals surface area contributed by atoms with Crippen LogP contribution in [0.5, 0.6) is 0 Å². The summed E-state index contributed by atoms with van der Waals surface area (Å²) in [7, 11) is -4.12. The summed E-state index contributed by atoms with van der Waals surface area (Å²) < 4.78 is 27.3. The monoisotopic (exact) mass is 573 g/mol. The molecule has 0 fully saturated rings. The number of primary amides is 1. The zero-order valence-corrected chi connectivity index (χ0v) is 23.0. The van der Waals surface area contributed by atoms with E-state index < -0.39 is 33.8 Å². The number of hydrogen-bond donors (Lipinski definition) is 4. The van der Waals surface area contributed by atoms with E-state index in [1.54, 1.807) is 30.3 Å². The zero-order chi connectivity index (χ0) is 27.9. The molecule has 0 aliphatic carbocycles. The molecule has 1 unspecified atom stereocenters. The van der Waals surface area contributed by atoms with Gasteiger partial charge in [0.15, 0.2) is 0 Å². The van der Waals surface area contributed by atoms with Gasteiger partial charge in [-0.05, 0) is 29.7 Å². The summed E-state index contributed by atoms with van der Waals surface area (Å²) in [6.07, 6.45) is 0.542. The molecule has 0 aliphatic heterocycles. The van der Waals surface area contributed by atoms with Crippen LogP contribution >= 0.6 is 24.2 Å². The fourth-order valence-corrected chi connectivity index (χ4v) is 5.77. The highest BCUT2D eigenvalue weighted by atomic mass is 35.5. The van der Waals surface area contributed by atoms with Gasteiger partial charge in [0.05, 0.1) is 10.8 Å². The van der Waals surface area contributed by atoms with Crippen molar-refractivity contribution < 1.29 is 22.8 Å². The normalized spacial score (nSPS) is 12.8. The van der Waals surface area contributed by atoms with Crippen LogP contribution < -0.4 is 15.8 Å². The third-order valence-electron chi connectivity index (χ3n) is 5.79. The molecular formula is C27H28ClN3O5S2. The fourth-order valence-electron chi connectivity index (χ4n) is 3.96. The number of rotatable bonds is 11. The Balaban J connectivity index is 1.81. The van der Waals surface area contributed by atoms with Crippen molar-refractivity contribution in [3.05, 3.63) is 88.9 Å². The van der Waals surface area contributed by atoms with Gasteiger partial charge in [-0.15, -0.1) is 0 Å². The molecule has 3 aromatic rings. The molecule has 0 heterocycles. The number of nitrogens with one attached hydrogen (secondary N) is 2. The summed E-state index contributed by atoms with van der Waals surface area (Å²) in [6.45, 7) is 1.11. The first kappa shape index (κ1) is 29.2. The quantitative estimate of drug-likeness (QED) is 0.261. The van der Waals surface area contributed by atoms with Crippen molar-refractivity contribution in [2.45, 2.75) is 30.7 Å². The maximum Gasteiger partial charge on any atom is 0.264 e. The lowest BCUT2D eigenvalue weighted by Gasteiger charge is -2.20. The van der Waals surface area contributed by atoms with Crippen LogP contribution in [0.15, 0.2) is 77.7 Å². The molecule has 0 aliphatic rings. The standard InChI is InChI=1S/C27H28ClN3O5S2/c1-17(32)31-38(35,36)25-10-6-5-9-22(25)21-12-11-19(14-23(21)28)15-24(26(29)33)30-27(34)20(16-37)13-18-7-3-2-4-8-18/h2-12,14,20,24,37H,13,15-16H2,1H3,(H2,29,33)(H,30,34)(H,31,32)/t20-,24?/m1/s1. The third kappa shape index (κ3) is 7.59. The first-order valence-corrected chi connectivity index (χ1v) is 14.2. The Morgan fingerprint density at radius 2 is 1.58 bits per heavy atom. The van der Waals surface area contributed by atoms with E-state index in [9.17, 15) is 22.8 Å². The van der Waals surface area contributed by atoms with E-state index in [1.807, 2.05) is 35.1 Å². The predicted molar refractivity (Wildman–Crippen MR) is 150 cm³/mol. The van der Waals surface area contributed by atoms with Crippen molar-refractivity contribution in [2.75, 3.05) is 5.75 Å². The molecule has 38 heavy (non-hydrogen) atoms. The second kappa shape index (κ2) is 12.9. The molecule has 0 radical (unpaired) electrons. The number of nitrogens with two attached hydrogens (primary N) is 1. The lowest BCUT2D eigenvalue weighted by Crippen LogP contribution is -2.48. The van der Waals surface area contributed by atoms with Crippen LogP contribution in [0.25, 0.3) is 11.1 Å². The summed E-state index contributed by atoms with van der Waals surface area (Å²) in [5.74, 6) is -1.94. The SMILES string of the molecule is CC(=O)NS(=O)(=O)c1ccccc1-c1ccc(CC(NC(=O)[C@@H](CS)Cc2ccccc2)C(N)=O)cc1Cl. The average molecular weight is 574 g/mol. The van der Waals surface area contributed by atoms with Gasteiger partial charge in [0.1, 0.15) is 6.04 Å². The molecule has 3 aromatic carbocycles. The van der Waals surface area contributed by atoms with Gasteiger partial charge in [0.2, 0.25) is 17.7 Å². The first-order valence-electron chi connectivity index (χ1n) is 11.7. The largest absolute Gasteiger partial charge is 0.368 e. The van der Waals surface area contributed by atoms with E-state index in [1.165, 1.54) is 12.1 Å². The lowest BCUT2D eigenvalue weighted by atomic mass is 9.98. The van der Waals surface area contributed by atoms with Crippen LogP contribution in [0, 0.1) is 5.92 Å². The van der Waals surface area contributed by atoms with Crippen molar-refractivity contribution in [3.63, 3.8) is 0 Å². The summed E-state index contributed by atoms with van der Waals surface area (Å²) >= 11 is 10.8. The number of hydrogen-bond acceptors (Lipinski definition) is 6. The smallest absolute Gasteiger partial charge is 0.264 e. The highest BCUT2D eigenvalue weighted by molar-refractivity contribution is 7.90. The minimum Gasteiger partial charge on any atom is -0.368 e. The summed E-state index contributed by atoms with van der Waals surface area (Å²) in [5, 5.41) is 2.95. The van der Waals surface area contributed by atoms with E-state index >= 15 is 0 Å². The van der Waals surface area contributed by atoms with Crippen molar-refractivity contribution in [1.29, 1.82) is 0 Å². The first-order chi connectivity index (χ1) is 18.0. The average Bonchev–Trinajstić information content (AvgIpc) is 2.86. The molecule has 0 saturated carbocycles. The van der Waals surface area contributed by atoms with Gasteiger partial charge in [0, 0.05) is 35.2 Å². The molecule has 4 N–H and O–H groups in total. The fraction of sp³-hybridized carbons (Fsp3) is 0.222. The van der Waals surface area contributed by atoms with Crippen LogP contribution in [0.1, 0.15) is 18.1 Å². The molecule has 0 bridgehead atoms. The zero-order valence-electron chi connectivity index (χ0n) is 20.6. The Hall–Kier alpha value is -3.34. The molecule has 0 aromatic heterocycles. The second-order valence-corrected chi connectivity index (χ2v) is 11.1. The maximum absolute atomic E-state index is 12.9. The molecule has 200 valence electrons. The van der Waals surface area contributed by atoms with Gasteiger partial charge in [-0.25, -0.2) is 13.1 Å².